The van der Waals surface area contributed by atoms with Gasteiger partial charge in [-0.05, 0) is 42.8 Å². The molecule has 0 bridgehead atoms. The van der Waals surface area contributed by atoms with E-state index in [4.69, 9.17) is 37.8 Å². The summed E-state index contributed by atoms with van der Waals surface area (Å²) in [6, 6.07) is 9.03. The molecule has 5 nitrogen and oxygen atoms in total. The standard InChI is InChI=1S/C30H40Cl2O5/c1-2-3-4-5-6-7-8-9-10-11-12-13-14-15-20-36-25-18-16-23(17-19-25)30(35)37-28-26(31)21-24(29(33)34)22-27(28)32/h16-19,21-22H,2-15,20H2,1H3,(H,33,34). The maximum Gasteiger partial charge on any atom is 0.343 e. The van der Waals surface area contributed by atoms with E-state index in [9.17, 15) is 9.59 Å². The molecule has 0 aliphatic carbocycles. The van der Waals surface area contributed by atoms with Crippen molar-refractivity contribution in [3.63, 3.8) is 0 Å². The van der Waals surface area contributed by atoms with Gasteiger partial charge in [-0.2, -0.15) is 0 Å². The van der Waals surface area contributed by atoms with Gasteiger partial charge in [0.15, 0.2) is 5.75 Å². The van der Waals surface area contributed by atoms with Crippen LogP contribution in [-0.2, 0) is 0 Å². The van der Waals surface area contributed by atoms with Gasteiger partial charge in [-0.25, -0.2) is 9.59 Å². The number of ether oxygens (including phenoxy) is 2. The summed E-state index contributed by atoms with van der Waals surface area (Å²) < 4.78 is 11.1. The minimum absolute atomic E-state index is 0.0497. The molecular formula is C30H40Cl2O5. The van der Waals surface area contributed by atoms with Gasteiger partial charge in [-0.1, -0.05) is 114 Å². The summed E-state index contributed by atoms with van der Waals surface area (Å²) in [5.74, 6) is -1.21. The van der Waals surface area contributed by atoms with Crippen LogP contribution in [0.3, 0.4) is 0 Å². The smallest absolute Gasteiger partial charge is 0.343 e. The first-order chi connectivity index (χ1) is 17.9. The van der Waals surface area contributed by atoms with E-state index in [0.717, 1.165) is 12.8 Å². The Kier molecular flexibility index (Phi) is 15.1. The Hall–Kier alpha value is -2.24. The Morgan fingerprint density at radius 1 is 0.703 bits per heavy atom. The molecule has 0 unspecified atom stereocenters. The number of halogens is 2. The highest BCUT2D eigenvalue weighted by Gasteiger charge is 2.17. The molecule has 0 aromatic heterocycles. The fourth-order valence-corrected chi connectivity index (χ4v) is 4.67. The molecule has 204 valence electrons. The van der Waals surface area contributed by atoms with Crippen LogP contribution in [0, 0.1) is 0 Å². The molecule has 0 heterocycles. The summed E-state index contributed by atoms with van der Waals surface area (Å²) >= 11 is 12.1. The van der Waals surface area contributed by atoms with Crippen LogP contribution in [0.4, 0.5) is 0 Å². The van der Waals surface area contributed by atoms with Gasteiger partial charge >= 0.3 is 11.9 Å². The predicted octanol–water partition coefficient (Wildman–Crippen LogP) is 9.77. The van der Waals surface area contributed by atoms with Gasteiger partial charge in [0.25, 0.3) is 0 Å². The topological polar surface area (TPSA) is 72.8 Å². The highest BCUT2D eigenvalue weighted by Crippen LogP contribution is 2.35. The number of unbranched alkanes of at least 4 members (excludes halogenated alkanes) is 13. The SMILES string of the molecule is CCCCCCCCCCCCCCCCOc1ccc(C(=O)Oc2c(Cl)cc(C(=O)O)cc2Cl)cc1. The third kappa shape index (κ3) is 12.2. The summed E-state index contributed by atoms with van der Waals surface area (Å²) in [5, 5.41) is 8.96. The number of hydrogen-bond acceptors (Lipinski definition) is 4. The van der Waals surface area contributed by atoms with Gasteiger partial charge in [-0.15, -0.1) is 0 Å². The molecule has 0 saturated heterocycles. The molecule has 1 N–H and O–H groups in total. The number of aromatic carboxylic acids is 1. The molecule has 2 aromatic rings. The van der Waals surface area contributed by atoms with Gasteiger partial charge in [0, 0.05) is 0 Å². The predicted molar refractivity (Wildman–Crippen MR) is 151 cm³/mol. The molecule has 7 heteroatoms. The van der Waals surface area contributed by atoms with Crippen molar-refractivity contribution in [1.29, 1.82) is 0 Å². The maximum atomic E-state index is 12.5. The summed E-state index contributed by atoms with van der Waals surface area (Å²) in [7, 11) is 0. The first-order valence-electron chi connectivity index (χ1n) is 13.6. The van der Waals surface area contributed by atoms with E-state index in [1.807, 2.05) is 0 Å². The van der Waals surface area contributed by atoms with Crippen molar-refractivity contribution < 1.29 is 24.2 Å². The second kappa shape index (κ2) is 18.1. The molecule has 0 aliphatic rings. The zero-order chi connectivity index (χ0) is 26.9. The fraction of sp³-hybridized carbons (Fsp3) is 0.533. The number of carboxylic acid groups (broad SMARTS) is 1. The number of carbonyl (C=O) groups is 2. The fourth-order valence-electron chi connectivity index (χ4n) is 4.11. The molecule has 0 atom stereocenters. The van der Waals surface area contributed by atoms with Crippen LogP contribution in [-0.4, -0.2) is 23.7 Å². The monoisotopic (exact) mass is 550 g/mol. The van der Waals surface area contributed by atoms with Crippen molar-refractivity contribution in [3.05, 3.63) is 57.6 Å². The zero-order valence-electron chi connectivity index (χ0n) is 21.9. The van der Waals surface area contributed by atoms with Crippen molar-refractivity contribution in [2.45, 2.75) is 96.8 Å². The number of hydrogen-bond donors (Lipinski definition) is 1. The summed E-state index contributed by atoms with van der Waals surface area (Å²) in [6.07, 6.45) is 18.4. The zero-order valence-corrected chi connectivity index (χ0v) is 23.4. The maximum absolute atomic E-state index is 12.5. The van der Waals surface area contributed by atoms with E-state index in [1.54, 1.807) is 24.3 Å². The molecule has 0 fully saturated rings. The molecular weight excluding hydrogens is 511 g/mol. The van der Waals surface area contributed by atoms with Crippen LogP contribution < -0.4 is 9.47 Å². The van der Waals surface area contributed by atoms with Crippen LogP contribution in [0.5, 0.6) is 11.5 Å². The van der Waals surface area contributed by atoms with Gasteiger partial charge in [-0.3, -0.25) is 0 Å². The molecule has 0 saturated carbocycles. The third-order valence-electron chi connectivity index (χ3n) is 6.30. The first-order valence-corrected chi connectivity index (χ1v) is 14.3. The molecule has 0 amide bonds. The van der Waals surface area contributed by atoms with Gasteiger partial charge in [0.05, 0.1) is 27.8 Å². The van der Waals surface area contributed by atoms with Crippen LogP contribution in [0.2, 0.25) is 10.0 Å². The number of carbonyl (C=O) groups excluding carboxylic acids is 1. The van der Waals surface area contributed by atoms with E-state index in [0.29, 0.717) is 17.9 Å². The first kappa shape index (κ1) is 31.0. The van der Waals surface area contributed by atoms with Gasteiger partial charge < -0.3 is 14.6 Å². The van der Waals surface area contributed by atoms with Crippen LogP contribution in [0.1, 0.15) is 118 Å². The minimum Gasteiger partial charge on any atom is -0.494 e. The highest BCUT2D eigenvalue weighted by atomic mass is 35.5. The molecule has 0 aliphatic heterocycles. The normalized spacial score (nSPS) is 10.9. The molecule has 2 rings (SSSR count). The summed E-state index contributed by atoms with van der Waals surface area (Å²) in [6.45, 7) is 2.90. The number of carboxylic acids is 1. The van der Waals surface area contributed by atoms with Gasteiger partial charge in [0.1, 0.15) is 5.75 Å². The molecule has 2 aromatic carbocycles. The number of esters is 1. The Balaban J connectivity index is 1.57. The second-order valence-corrected chi connectivity index (χ2v) is 10.2. The van der Waals surface area contributed by atoms with E-state index >= 15 is 0 Å². The highest BCUT2D eigenvalue weighted by molar-refractivity contribution is 6.38. The lowest BCUT2D eigenvalue weighted by Gasteiger charge is -2.10. The van der Waals surface area contributed by atoms with Crippen molar-refractivity contribution in [2.24, 2.45) is 0 Å². The molecule has 37 heavy (non-hydrogen) atoms. The average molecular weight is 552 g/mol. The number of rotatable bonds is 19. The third-order valence-corrected chi connectivity index (χ3v) is 6.86. The Morgan fingerprint density at radius 2 is 1.16 bits per heavy atom. The lowest BCUT2D eigenvalue weighted by atomic mass is 10.0. The molecule has 0 spiro atoms. The van der Waals surface area contributed by atoms with Crippen LogP contribution in [0.25, 0.3) is 0 Å². The van der Waals surface area contributed by atoms with E-state index in [2.05, 4.69) is 6.92 Å². The average Bonchev–Trinajstić information content (AvgIpc) is 2.88. The Labute approximate surface area is 231 Å². The second-order valence-electron chi connectivity index (χ2n) is 9.43. The largest absolute Gasteiger partial charge is 0.494 e. The van der Waals surface area contributed by atoms with E-state index in [-0.39, 0.29) is 21.4 Å². The van der Waals surface area contributed by atoms with Gasteiger partial charge in [0.2, 0.25) is 0 Å². The molecule has 0 radical (unpaired) electrons. The summed E-state index contributed by atoms with van der Waals surface area (Å²) in [5.41, 5.74) is 0.216. The lowest BCUT2D eigenvalue weighted by Crippen LogP contribution is -2.10. The van der Waals surface area contributed by atoms with Crippen molar-refractivity contribution in [1.82, 2.24) is 0 Å². The van der Waals surface area contributed by atoms with Crippen LogP contribution in [0.15, 0.2) is 36.4 Å². The van der Waals surface area contributed by atoms with Crippen molar-refractivity contribution in [3.8, 4) is 11.5 Å². The van der Waals surface area contributed by atoms with Crippen molar-refractivity contribution >= 4 is 35.1 Å². The number of benzene rings is 2. The van der Waals surface area contributed by atoms with E-state index in [1.165, 1.54) is 89.2 Å². The Morgan fingerprint density at radius 3 is 1.62 bits per heavy atom. The Bertz CT molecular complexity index is 936. The quantitative estimate of drug-likeness (QED) is 0.107. The summed E-state index contributed by atoms with van der Waals surface area (Å²) in [4.78, 5) is 23.5. The lowest BCUT2D eigenvalue weighted by molar-refractivity contribution is 0.0696. The van der Waals surface area contributed by atoms with Crippen molar-refractivity contribution in [2.75, 3.05) is 6.61 Å². The van der Waals surface area contributed by atoms with Crippen LogP contribution >= 0.6 is 23.2 Å². The van der Waals surface area contributed by atoms with E-state index < -0.39 is 11.9 Å². The minimum atomic E-state index is -1.17.